The number of benzene rings is 6. The second kappa shape index (κ2) is 11.3. The van der Waals surface area contributed by atoms with Crippen molar-refractivity contribution in [3.05, 3.63) is 157 Å². The molecule has 5 nitrogen and oxygen atoms in total. The number of H-pyrrole nitrogens is 1. The van der Waals surface area contributed by atoms with Crippen LogP contribution in [0.2, 0.25) is 0 Å². The number of aromatic amines is 1. The van der Waals surface area contributed by atoms with Gasteiger partial charge in [0, 0.05) is 50.1 Å². The minimum Gasteiger partial charge on any atom is -0.354 e. The fourth-order valence-corrected chi connectivity index (χ4v) is 8.29. The zero-order valence-corrected chi connectivity index (χ0v) is 29.6. The standard InChI is InChI=1S/C47H37N5/c1-29-26-37-34-24-23-30(27-41(34)52(43-22-10-11-25-48-43)42(37)28-38(29)47(2,3)4)32-17-13-21-40-45(32)50-46(51(40)31-14-6-5-7-15-31)36-19-12-18-35-33-16-8-9-20-39(33)49-44(35)36/h5-28,49H,1-4H3. The number of rotatable bonds is 4. The SMILES string of the molecule is Cc1cc2c3ccc(-c4cccc5c4nc(-c4cccc6c4[nH]c4ccccc46)n5-c4ccccc4)cc3n(-c3ccccn3)c2cc1C(C)(C)C. The Balaban J connectivity index is 1.26. The molecular weight excluding hydrogens is 635 g/mol. The molecule has 0 fully saturated rings. The molecule has 0 bridgehead atoms. The van der Waals surface area contributed by atoms with Crippen molar-refractivity contribution in [3.8, 4) is 34.0 Å². The summed E-state index contributed by atoms with van der Waals surface area (Å²) in [5, 5.41) is 4.85. The molecule has 0 saturated carbocycles. The molecule has 4 aromatic heterocycles. The van der Waals surface area contributed by atoms with Gasteiger partial charge in [-0.15, -0.1) is 0 Å². The van der Waals surface area contributed by atoms with Crippen LogP contribution in [0, 0.1) is 6.92 Å². The van der Waals surface area contributed by atoms with Crippen molar-refractivity contribution in [2.75, 3.05) is 0 Å². The Labute approximate surface area is 301 Å². The van der Waals surface area contributed by atoms with Gasteiger partial charge in [0.1, 0.15) is 11.6 Å². The van der Waals surface area contributed by atoms with Crippen LogP contribution in [0.25, 0.3) is 88.7 Å². The molecule has 250 valence electrons. The van der Waals surface area contributed by atoms with Crippen LogP contribution in [-0.4, -0.2) is 24.1 Å². The lowest BCUT2D eigenvalue weighted by Gasteiger charge is -2.22. The maximum atomic E-state index is 5.53. The highest BCUT2D eigenvalue weighted by molar-refractivity contribution is 6.13. The zero-order valence-electron chi connectivity index (χ0n) is 29.6. The number of pyridine rings is 1. The van der Waals surface area contributed by atoms with E-state index in [0.717, 1.165) is 61.6 Å². The van der Waals surface area contributed by atoms with Gasteiger partial charge in [-0.1, -0.05) is 99.6 Å². The van der Waals surface area contributed by atoms with E-state index in [1.54, 1.807) is 0 Å². The van der Waals surface area contributed by atoms with E-state index >= 15 is 0 Å². The van der Waals surface area contributed by atoms with Gasteiger partial charge in [-0.25, -0.2) is 9.97 Å². The first-order valence-corrected chi connectivity index (χ1v) is 17.9. The normalized spacial score (nSPS) is 12.2. The second-order valence-corrected chi connectivity index (χ2v) is 14.9. The first-order valence-electron chi connectivity index (χ1n) is 17.9. The van der Waals surface area contributed by atoms with Crippen LogP contribution in [-0.2, 0) is 5.41 Å². The molecular formula is C47H37N5. The summed E-state index contributed by atoms with van der Waals surface area (Å²) in [7, 11) is 0. The van der Waals surface area contributed by atoms with Crippen LogP contribution in [0.4, 0.5) is 0 Å². The number of aryl methyl sites for hydroxylation is 1. The van der Waals surface area contributed by atoms with Crippen LogP contribution in [0.1, 0.15) is 31.9 Å². The van der Waals surface area contributed by atoms with Gasteiger partial charge >= 0.3 is 0 Å². The number of hydrogen-bond donors (Lipinski definition) is 1. The lowest BCUT2D eigenvalue weighted by Crippen LogP contribution is -2.13. The van der Waals surface area contributed by atoms with E-state index in [1.807, 2.05) is 12.3 Å². The lowest BCUT2D eigenvalue weighted by molar-refractivity contribution is 0.587. The molecule has 10 aromatic rings. The Morgan fingerprint density at radius 3 is 2.15 bits per heavy atom. The van der Waals surface area contributed by atoms with Crippen molar-refractivity contribution in [2.24, 2.45) is 0 Å². The molecule has 4 heterocycles. The molecule has 0 radical (unpaired) electrons. The quantitative estimate of drug-likeness (QED) is 0.202. The molecule has 0 atom stereocenters. The van der Waals surface area contributed by atoms with E-state index in [4.69, 9.17) is 9.97 Å². The first-order chi connectivity index (χ1) is 25.3. The molecule has 0 unspecified atom stereocenters. The van der Waals surface area contributed by atoms with Crippen LogP contribution in [0.15, 0.2) is 146 Å². The van der Waals surface area contributed by atoms with Crippen LogP contribution in [0.3, 0.4) is 0 Å². The van der Waals surface area contributed by atoms with Gasteiger partial charge in [0.05, 0.1) is 27.6 Å². The molecule has 6 aromatic carbocycles. The summed E-state index contributed by atoms with van der Waals surface area (Å²) in [6, 6.07) is 49.9. The zero-order chi connectivity index (χ0) is 35.1. The van der Waals surface area contributed by atoms with Crippen molar-refractivity contribution in [2.45, 2.75) is 33.1 Å². The Kier molecular flexibility index (Phi) is 6.58. The Bertz CT molecular complexity index is 2990. The highest BCUT2D eigenvalue weighted by atomic mass is 15.1. The molecule has 0 aliphatic carbocycles. The highest BCUT2D eigenvalue weighted by Crippen LogP contribution is 2.41. The molecule has 0 saturated heterocycles. The Morgan fingerprint density at radius 1 is 0.577 bits per heavy atom. The smallest absolute Gasteiger partial charge is 0.147 e. The van der Waals surface area contributed by atoms with Crippen LogP contribution < -0.4 is 0 Å². The first kappa shape index (κ1) is 30.4. The van der Waals surface area contributed by atoms with E-state index in [0.29, 0.717) is 0 Å². The third kappa shape index (κ3) is 4.55. The molecule has 5 heteroatoms. The minimum atomic E-state index is 0.0109. The second-order valence-electron chi connectivity index (χ2n) is 14.9. The number of imidazole rings is 1. The average molecular weight is 672 g/mol. The summed E-state index contributed by atoms with van der Waals surface area (Å²) in [6.45, 7) is 9.09. The molecule has 52 heavy (non-hydrogen) atoms. The van der Waals surface area contributed by atoms with Crippen molar-refractivity contribution in [1.29, 1.82) is 0 Å². The summed E-state index contributed by atoms with van der Waals surface area (Å²) < 4.78 is 4.63. The van der Waals surface area contributed by atoms with Gasteiger partial charge < -0.3 is 4.98 Å². The average Bonchev–Trinajstić information content (AvgIpc) is 3.84. The van der Waals surface area contributed by atoms with Gasteiger partial charge in [0.2, 0.25) is 0 Å². The summed E-state index contributed by atoms with van der Waals surface area (Å²) in [4.78, 5) is 14.1. The van der Waals surface area contributed by atoms with E-state index in [2.05, 4.69) is 175 Å². The van der Waals surface area contributed by atoms with E-state index in [-0.39, 0.29) is 5.41 Å². The fourth-order valence-electron chi connectivity index (χ4n) is 8.29. The molecule has 0 aliphatic heterocycles. The van der Waals surface area contributed by atoms with Crippen molar-refractivity contribution in [3.63, 3.8) is 0 Å². The predicted octanol–water partition coefficient (Wildman–Crippen LogP) is 12.1. The van der Waals surface area contributed by atoms with Gasteiger partial charge in [-0.05, 0) is 89.7 Å². The molecule has 10 rings (SSSR count). The van der Waals surface area contributed by atoms with Crippen LogP contribution >= 0.6 is 0 Å². The van der Waals surface area contributed by atoms with Crippen molar-refractivity contribution < 1.29 is 0 Å². The molecule has 1 N–H and O–H groups in total. The van der Waals surface area contributed by atoms with Gasteiger partial charge in [-0.2, -0.15) is 0 Å². The number of para-hydroxylation sites is 4. The summed E-state index contributed by atoms with van der Waals surface area (Å²) >= 11 is 0. The molecule has 0 spiro atoms. The molecule has 0 aliphatic rings. The van der Waals surface area contributed by atoms with Gasteiger partial charge in [-0.3, -0.25) is 9.13 Å². The number of nitrogens with one attached hydrogen (secondary N) is 1. The largest absolute Gasteiger partial charge is 0.354 e. The molecule has 0 amide bonds. The maximum absolute atomic E-state index is 5.53. The van der Waals surface area contributed by atoms with Gasteiger partial charge in [0.25, 0.3) is 0 Å². The van der Waals surface area contributed by atoms with E-state index in [1.165, 1.54) is 38.2 Å². The summed E-state index contributed by atoms with van der Waals surface area (Å²) in [6.07, 6.45) is 1.88. The summed E-state index contributed by atoms with van der Waals surface area (Å²) in [5.41, 5.74) is 13.5. The van der Waals surface area contributed by atoms with Crippen molar-refractivity contribution >= 4 is 54.6 Å². The van der Waals surface area contributed by atoms with E-state index in [9.17, 15) is 0 Å². The lowest BCUT2D eigenvalue weighted by atomic mass is 9.83. The third-order valence-corrected chi connectivity index (χ3v) is 10.6. The number of hydrogen-bond acceptors (Lipinski definition) is 2. The van der Waals surface area contributed by atoms with Gasteiger partial charge in [0.15, 0.2) is 0 Å². The Morgan fingerprint density at radius 2 is 1.33 bits per heavy atom. The number of fused-ring (bicyclic) bond motifs is 7. The third-order valence-electron chi connectivity index (χ3n) is 10.6. The fraction of sp³-hybridized carbons (Fsp3) is 0.106. The van der Waals surface area contributed by atoms with Crippen molar-refractivity contribution in [1.82, 2.24) is 24.1 Å². The Hall–Kier alpha value is -6.46. The van der Waals surface area contributed by atoms with E-state index < -0.39 is 0 Å². The topological polar surface area (TPSA) is 51.4 Å². The maximum Gasteiger partial charge on any atom is 0.147 e. The highest BCUT2D eigenvalue weighted by Gasteiger charge is 2.23. The predicted molar refractivity (Wildman–Crippen MR) is 217 cm³/mol. The minimum absolute atomic E-state index is 0.0109. The monoisotopic (exact) mass is 671 g/mol. The number of aromatic nitrogens is 5. The summed E-state index contributed by atoms with van der Waals surface area (Å²) in [5.74, 6) is 1.81. The number of nitrogens with zero attached hydrogens (tertiary/aromatic N) is 4. The van der Waals surface area contributed by atoms with Crippen LogP contribution in [0.5, 0.6) is 0 Å².